The van der Waals surface area contributed by atoms with Gasteiger partial charge < -0.3 is 9.64 Å². The summed E-state index contributed by atoms with van der Waals surface area (Å²) < 4.78 is 5.49. The van der Waals surface area contributed by atoms with Crippen LogP contribution in [0.4, 0.5) is 5.95 Å². The molecule has 2 aliphatic rings. The van der Waals surface area contributed by atoms with Gasteiger partial charge in [0.1, 0.15) is 0 Å². The molecule has 0 amide bonds. The third kappa shape index (κ3) is 4.40. The topological polar surface area (TPSA) is 44.7 Å². The van der Waals surface area contributed by atoms with E-state index in [4.69, 9.17) is 4.74 Å². The molecule has 2 saturated heterocycles. The van der Waals surface area contributed by atoms with Crippen LogP contribution in [-0.2, 0) is 4.74 Å². The van der Waals surface area contributed by atoms with Gasteiger partial charge in [-0.3, -0.25) is 9.80 Å². The Morgan fingerprint density at radius 1 is 1.00 bits per heavy atom. The first-order valence-electron chi connectivity index (χ1n) is 8.72. The van der Waals surface area contributed by atoms with Crippen molar-refractivity contribution < 1.29 is 4.74 Å². The molecule has 0 spiro atoms. The summed E-state index contributed by atoms with van der Waals surface area (Å²) >= 11 is 0. The van der Waals surface area contributed by atoms with Gasteiger partial charge in [-0.25, -0.2) is 9.97 Å². The van der Waals surface area contributed by atoms with Crippen molar-refractivity contribution in [3.63, 3.8) is 0 Å². The van der Waals surface area contributed by atoms with Gasteiger partial charge in [-0.15, -0.1) is 0 Å². The normalized spacial score (nSPS) is 22.1. The maximum atomic E-state index is 5.49. The van der Waals surface area contributed by atoms with E-state index in [1.165, 1.54) is 0 Å². The SMILES string of the molecule is CC(C)(CN1CCCN(c2ncccn2)CC1)N1CCOCC1. The zero-order chi connectivity index (χ0) is 16.1. The predicted molar refractivity (Wildman–Crippen MR) is 91.8 cm³/mol. The number of hydrogen-bond donors (Lipinski definition) is 0. The van der Waals surface area contributed by atoms with E-state index in [1.807, 2.05) is 18.5 Å². The van der Waals surface area contributed by atoms with E-state index in [0.717, 1.165) is 71.4 Å². The minimum Gasteiger partial charge on any atom is -0.379 e. The number of hydrogen-bond acceptors (Lipinski definition) is 6. The van der Waals surface area contributed by atoms with Crippen LogP contribution in [0, 0.1) is 0 Å². The van der Waals surface area contributed by atoms with Gasteiger partial charge in [0, 0.05) is 57.2 Å². The van der Waals surface area contributed by atoms with Crippen LogP contribution in [0.25, 0.3) is 0 Å². The summed E-state index contributed by atoms with van der Waals surface area (Å²) in [5.41, 5.74) is 0.197. The van der Waals surface area contributed by atoms with Crippen molar-refractivity contribution in [2.45, 2.75) is 25.8 Å². The zero-order valence-corrected chi connectivity index (χ0v) is 14.4. The molecule has 0 bridgehead atoms. The van der Waals surface area contributed by atoms with Crippen molar-refractivity contribution in [3.8, 4) is 0 Å². The second-order valence-electron chi connectivity index (χ2n) is 7.08. The van der Waals surface area contributed by atoms with Gasteiger partial charge in [-0.05, 0) is 32.9 Å². The number of morpholine rings is 1. The number of anilines is 1. The van der Waals surface area contributed by atoms with E-state index < -0.39 is 0 Å². The smallest absolute Gasteiger partial charge is 0.225 e. The van der Waals surface area contributed by atoms with E-state index in [1.54, 1.807) is 0 Å². The first-order valence-corrected chi connectivity index (χ1v) is 8.72. The Morgan fingerprint density at radius 3 is 2.48 bits per heavy atom. The maximum Gasteiger partial charge on any atom is 0.225 e. The molecule has 0 N–H and O–H groups in total. The highest BCUT2D eigenvalue weighted by molar-refractivity contribution is 5.28. The summed E-state index contributed by atoms with van der Waals surface area (Å²) in [7, 11) is 0. The van der Waals surface area contributed by atoms with Crippen molar-refractivity contribution in [1.82, 2.24) is 19.8 Å². The average molecular weight is 319 g/mol. The van der Waals surface area contributed by atoms with Gasteiger partial charge in [-0.1, -0.05) is 0 Å². The molecule has 0 saturated carbocycles. The average Bonchev–Trinajstić information content (AvgIpc) is 2.82. The molecule has 3 rings (SSSR count). The van der Waals surface area contributed by atoms with Crippen molar-refractivity contribution in [2.75, 3.05) is 63.9 Å². The zero-order valence-electron chi connectivity index (χ0n) is 14.4. The van der Waals surface area contributed by atoms with Crippen molar-refractivity contribution >= 4 is 5.95 Å². The molecular weight excluding hydrogens is 290 g/mol. The first kappa shape index (κ1) is 16.6. The maximum absolute atomic E-state index is 5.49. The lowest BCUT2D eigenvalue weighted by Gasteiger charge is -2.43. The standard InChI is InChI=1S/C17H29N5O/c1-17(2,22-11-13-23-14-12-22)15-20-7-4-8-21(10-9-20)16-18-5-3-6-19-16/h3,5-6H,4,7-15H2,1-2H3. The van der Waals surface area contributed by atoms with Gasteiger partial charge in [0.2, 0.25) is 5.95 Å². The van der Waals surface area contributed by atoms with Crippen LogP contribution in [0.2, 0.25) is 0 Å². The van der Waals surface area contributed by atoms with Gasteiger partial charge in [0.15, 0.2) is 0 Å². The van der Waals surface area contributed by atoms with E-state index in [0.29, 0.717) is 0 Å². The van der Waals surface area contributed by atoms with E-state index in [9.17, 15) is 0 Å². The largest absolute Gasteiger partial charge is 0.379 e. The second-order valence-corrected chi connectivity index (χ2v) is 7.08. The summed E-state index contributed by atoms with van der Waals surface area (Å²) in [6.45, 7) is 13.9. The van der Waals surface area contributed by atoms with Crippen molar-refractivity contribution in [1.29, 1.82) is 0 Å². The fourth-order valence-corrected chi connectivity index (χ4v) is 3.60. The van der Waals surface area contributed by atoms with Crippen molar-refractivity contribution in [2.24, 2.45) is 0 Å². The first-order chi connectivity index (χ1) is 11.1. The van der Waals surface area contributed by atoms with Crippen LogP contribution in [0.5, 0.6) is 0 Å². The summed E-state index contributed by atoms with van der Waals surface area (Å²) in [6.07, 6.45) is 4.82. The van der Waals surface area contributed by atoms with Crippen LogP contribution in [-0.4, -0.2) is 84.3 Å². The predicted octanol–water partition coefficient (Wildman–Crippen LogP) is 1.10. The summed E-state index contributed by atoms with van der Waals surface area (Å²) in [5, 5.41) is 0. The number of aromatic nitrogens is 2. The molecule has 2 fully saturated rings. The molecule has 0 atom stereocenters. The molecule has 6 heteroatoms. The van der Waals surface area contributed by atoms with Gasteiger partial charge in [0.25, 0.3) is 0 Å². The van der Waals surface area contributed by atoms with Gasteiger partial charge in [0.05, 0.1) is 13.2 Å². The quantitative estimate of drug-likeness (QED) is 0.828. The third-order valence-electron chi connectivity index (χ3n) is 4.90. The van der Waals surface area contributed by atoms with Crippen LogP contribution < -0.4 is 4.90 Å². The highest BCUT2D eigenvalue weighted by atomic mass is 16.5. The fourth-order valence-electron chi connectivity index (χ4n) is 3.60. The Morgan fingerprint density at radius 2 is 1.74 bits per heavy atom. The van der Waals surface area contributed by atoms with E-state index in [-0.39, 0.29) is 5.54 Å². The second kappa shape index (κ2) is 7.55. The Kier molecular flexibility index (Phi) is 5.46. The molecule has 6 nitrogen and oxygen atoms in total. The van der Waals surface area contributed by atoms with Gasteiger partial charge >= 0.3 is 0 Å². The van der Waals surface area contributed by atoms with Crippen LogP contribution in [0.3, 0.4) is 0 Å². The fraction of sp³-hybridized carbons (Fsp3) is 0.765. The Balaban J connectivity index is 1.55. The van der Waals surface area contributed by atoms with Crippen molar-refractivity contribution in [3.05, 3.63) is 18.5 Å². The highest BCUT2D eigenvalue weighted by Crippen LogP contribution is 2.19. The van der Waals surface area contributed by atoms with Crippen LogP contribution >= 0.6 is 0 Å². The molecule has 0 aromatic carbocycles. The Hall–Kier alpha value is -1.24. The molecule has 1 aromatic heterocycles. The molecule has 2 aliphatic heterocycles. The molecule has 0 unspecified atom stereocenters. The highest BCUT2D eigenvalue weighted by Gasteiger charge is 2.31. The van der Waals surface area contributed by atoms with Crippen LogP contribution in [0.15, 0.2) is 18.5 Å². The lowest BCUT2D eigenvalue weighted by molar-refractivity contribution is -0.0210. The molecule has 1 aromatic rings. The third-order valence-corrected chi connectivity index (χ3v) is 4.90. The summed E-state index contributed by atoms with van der Waals surface area (Å²) in [4.78, 5) is 16.3. The number of rotatable bonds is 4. The molecule has 128 valence electrons. The lowest BCUT2D eigenvalue weighted by Crippen LogP contribution is -2.55. The van der Waals surface area contributed by atoms with Gasteiger partial charge in [-0.2, -0.15) is 0 Å². The molecule has 3 heterocycles. The van der Waals surface area contributed by atoms with Crippen LogP contribution in [0.1, 0.15) is 20.3 Å². The monoisotopic (exact) mass is 319 g/mol. The van der Waals surface area contributed by atoms with E-state index in [2.05, 4.69) is 38.5 Å². The molecule has 0 radical (unpaired) electrons. The summed E-state index contributed by atoms with van der Waals surface area (Å²) in [5.74, 6) is 0.863. The Labute approximate surface area is 139 Å². The molecular formula is C17H29N5O. The number of ether oxygens (including phenoxy) is 1. The molecule has 23 heavy (non-hydrogen) atoms. The number of nitrogens with zero attached hydrogens (tertiary/aromatic N) is 5. The minimum atomic E-state index is 0.197. The van der Waals surface area contributed by atoms with E-state index >= 15 is 0 Å². The lowest BCUT2D eigenvalue weighted by atomic mass is 10.0. The minimum absolute atomic E-state index is 0.197. The Bertz CT molecular complexity index is 475. The summed E-state index contributed by atoms with van der Waals surface area (Å²) in [6, 6.07) is 1.87. The molecule has 0 aliphatic carbocycles.